The number of benzene rings is 1. The van der Waals surface area contributed by atoms with Crippen LogP contribution in [0.4, 0.5) is 0 Å². The van der Waals surface area contributed by atoms with E-state index in [4.69, 9.17) is 0 Å². The number of nitrogens with zero attached hydrogens (tertiary/aromatic N) is 4. The van der Waals surface area contributed by atoms with Gasteiger partial charge in [-0.25, -0.2) is 0 Å². The molecule has 27 heavy (non-hydrogen) atoms. The largest absolute Gasteiger partial charge is 0.358 e. The number of rotatable bonds is 4. The van der Waals surface area contributed by atoms with Crippen molar-refractivity contribution >= 4 is 28.6 Å². The minimum atomic E-state index is 0.198. The summed E-state index contributed by atoms with van der Waals surface area (Å²) in [7, 11) is 1.96. The van der Waals surface area contributed by atoms with E-state index in [0.717, 1.165) is 48.0 Å². The molecule has 4 rings (SSSR count). The molecule has 1 aromatic carbocycles. The Balaban J connectivity index is 1.52. The molecular weight excluding hydrogens is 358 g/mol. The maximum Gasteiger partial charge on any atom is 0.233 e. The summed E-state index contributed by atoms with van der Waals surface area (Å²) in [6, 6.07) is 6.31. The van der Waals surface area contributed by atoms with Gasteiger partial charge in [0.25, 0.3) is 0 Å². The average molecular weight is 384 g/mol. The van der Waals surface area contributed by atoms with Crippen molar-refractivity contribution in [1.82, 2.24) is 24.6 Å². The van der Waals surface area contributed by atoms with Crippen molar-refractivity contribution in [1.29, 1.82) is 0 Å². The van der Waals surface area contributed by atoms with Crippen molar-refractivity contribution in [2.45, 2.75) is 38.3 Å². The maximum atomic E-state index is 12.4. The van der Waals surface area contributed by atoms with Gasteiger partial charge in [0, 0.05) is 42.3 Å². The van der Waals surface area contributed by atoms with Gasteiger partial charge in [-0.05, 0) is 56.9 Å². The number of thioether (sulfide) groups is 1. The van der Waals surface area contributed by atoms with E-state index >= 15 is 0 Å². The number of fused-ring (bicyclic) bond motifs is 1. The molecule has 1 aliphatic heterocycles. The van der Waals surface area contributed by atoms with Gasteiger partial charge in [-0.1, -0.05) is 11.8 Å². The third-order valence-electron chi connectivity index (χ3n) is 5.43. The molecule has 0 saturated carbocycles. The van der Waals surface area contributed by atoms with E-state index in [9.17, 15) is 4.79 Å². The van der Waals surface area contributed by atoms with Crippen LogP contribution in [0.15, 0.2) is 23.4 Å². The van der Waals surface area contributed by atoms with Crippen LogP contribution in [-0.4, -0.2) is 49.4 Å². The Morgan fingerprint density at radius 2 is 1.96 bits per heavy atom. The molecule has 2 aromatic heterocycles. The first-order chi connectivity index (χ1) is 13.0. The first-order valence-corrected chi connectivity index (χ1v) is 10.4. The predicted molar refractivity (Wildman–Crippen MR) is 109 cm³/mol. The van der Waals surface area contributed by atoms with Crippen LogP contribution in [0, 0.1) is 13.8 Å². The van der Waals surface area contributed by atoms with Crippen LogP contribution in [0.5, 0.6) is 0 Å². The molecule has 1 N–H and O–H groups in total. The summed E-state index contributed by atoms with van der Waals surface area (Å²) < 4.78 is 1.98. The molecule has 1 fully saturated rings. The summed E-state index contributed by atoms with van der Waals surface area (Å²) in [5.74, 6) is 1.44. The zero-order valence-corrected chi connectivity index (χ0v) is 16.9. The first-order valence-electron chi connectivity index (χ1n) is 9.44. The van der Waals surface area contributed by atoms with Crippen LogP contribution in [-0.2, 0) is 11.8 Å². The molecule has 1 aliphatic rings. The SMILES string of the molecule is Cc1[nH]c2ccc(-c3nnc(SCC(=O)N4CCCCC4)n3C)cc2c1C. The van der Waals surface area contributed by atoms with Gasteiger partial charge in [-0.3, -0.25) is 4.79 Å². The van der Waals surface area contributed by atoms with Crippen molar-refractivity contribution in [2.24, 2.45) is 7.05 Å². The van der Waals surface area contributed by atoms with Crippen molar-refractivity contribution in [3.63, 3.8) is 0 Å². The molecule has 1 amide bonds. The number of nitrogens with one attached hydrogen (secondary N) is 1. The van der Waals surface area contributed by atoms with Gasteiger partial charge in [0.2, 0.25) is 5.91 Å². The summed E-state index contributed by atoms with van der Waals surface area (Å²) in [5.41, 5.74) is 4.62. The minimum Gasteiger partial charge on any atom is -0.358 e. The van der Waals surface area contributed by atoms with Gasteiger partial charge in [0.15, 0.2) is 11.0 Å². The topological polar surface area (TPSA) is 66.8 Å². The Morgan fingerprint density at radius 1 is 1.19 bits per heavy atom. The lowest BCUT2D eigenvalue weighted by Gasteiger charge is -2.26. The number of hydrogen-bond acceptors (Lipinski definition) is 4. The Morgan fingerprint density at radius 3 is 2.74 bits per heavy atom. The van der Waals surface area contributed by atoms with Gasteiger partial charge in [0.05, 0.1) is 5.75 Å². The third-order valence-corrected chi connectivity index (χ3v) is 6.44. The number of aryl methyl sites for hydroxylation is 2. The van der Waals surface area contributed by atoms with Crippen LogP contribution < -0.4 is 0 Å². The standard InChI is InChI=1S/C20H25N5OS/c1-13-14(2)21-17-8-7-15(11-16(13)17)19-22-23-20(24(19)3)27-12-18(26)25-9-5-4-6-10-25/h7-8,11,21H,4-6,9-10,12H2,1-3H3. The fourth-order valence-corrected chi connectivity index (χ4v) is 4.47. The van der Waals surface area contributed by atoms with E-state index in [2.05, 4.69) is 47.2 Å². The van der Waals surface area contributed by atoms with Crippen LogP contribution in [0.1, 0.15) is 30.5 Å². The molecule has 0 aliphatic carbocycles. The van der Waals surface area contributed by atoms with E-state index in [1.54, 1.807) is 0 Å². The molecule has 1 saturated heterocycles. The summed E-state index contributed by atoms with van der Waals surface area (Å²) in [6.07, 6.45) is 3.46. The Hall–Kier alpha value is -2.28. The number of likely N-dealkylation sites (tertiary alicyclic amines) is 1. The van der Waals surface area contributed by atoms with Crippen molar-refractivity contribution in [2.75, 3.05) is 18.8 Å². The lowest BCUT2D eigenvalue weighted by molar-refractivity contribution is -0.129. The molecule has 7 heteroatoms. The predicted octanol–water partition coefficient (Wildman–Crippen LogP) is 3.68. The number of carbonyl (C=O) groups is 1. The van der Waals surface area contributed by atoms with Crippen LogP contribution >= 0.6 is 11.8 Å². The summed E-state index contributed by atoms with van der Waals surface area (Å²) in [6.45, 7) is 5.99. The molecule has 0 spiro atoms. The molecule has 6 nitrogen and oxygen atoms in total. The monoisotopic (exact) mass is 383 g/mol. The smallest absolute Gasteiger partial charge is 0.233 e. The highest BCUT2D eigenvalue weighted by atomic mass is 32.2. The highest BCUT2D eigenvalue weighted by Gasteiger charge is 2.19. The molecule has 3 heterocycles. The second-order valence-electron chi connectivity index (χ2n) is 7.23. The molecule has 3 aromatic rings. The number of hydrogen-bond donors (Lipinski definition) is 1. The van der Waals surface area contributed by atoms with Crippen molar-refractivity contribution in [3.05, 3.63) is 29.5 Å². The van der Waals surface area contributed by atoms with Gasteiger partial charge in [-0.2, -0.15) is 0 Å². The van der Waals surface area contributed by atoms with E-state index in [-0.39, 0.29) is 5.91 Å². The van der Waals surface area contributed by atoms with E-state index in [1.165, 1.54) is 34.8 Å². The molecule has 0 unspecified atom stereocenters. The zero-order chi connectivity index (χ0) is 19.0. The normalized spacial score (nSPS) is 14.9. The Bertz CT molecular complexity index is 984. The van der Waals surface area contributed by atoms with Crippen LogP contribution in [0.2, 0.25) is 0 Å². The highest BCUT2D eigenvalue weighted by molar-refractivity contribution is 7.99. The number of piperidine rings is 1. The first kappa shape index (κ1) is 18.1. The maximum absolute atomic E-state index is 12.4. The quantitative estimate of drug-likeness (QED) is 0.698. The number of amides is 1. The van der Waals surface area contributed by atoms with Gasteiger partial charge in [-0.15, -0.1) is 10.2 Å². The van der Waals surface area contributed by atoms with Gasteiger partial charge in [0.1, 0.15) is 0 Å². The zero-order valence-electron chi connectivity index (χ0n) is 16.1. The fraction of sp³-hybridized carbons (Fsp3) is 0.450. The van der Waals surface area contributed by atoms with Gasteiger partial charge >= 0.3 is 0 Å². The fourth-order valence-electron chi connectivity index (χ4n) is 3.65. The third kappa shape index (κ3) is 3.48. The van der Waals surface area contributed by atoms with Gasteiger partial charge < -0.3 is 14.5 Å². The average Bonchev–Trinajstić information content (AvgIpc) is 3.20. The molecular formula is C20H25N5OS. The van der Waals surface area contributed by atoms with Crippen molar-refractivity contribution in [3.8, 4) is 11.4 Å². The summed E-state index contributed by atoms with van der Waals surface area (Å²) in [4.78, 5) is 17.8. The molecule has 142 valence electrons. The highest BCUT2D eigenvalue weighted by Crippen LogP contribution is 2.28. The number of H-pyrrole nitrogens is 1. The van der Waals surface area contributed by atoms with Crippen LogP contribution in [0.3, 0.4) is 0 Å². The Labute approximate surface area is 163 Å². The molecule has 0 radical (unpaired) electrons. The number of carbonyl (C=O) groups excluding carboxylic acids is 1. The summed E-state index contributed by atoms with van der Waals surface area (Å²) in [5, 5.41) is 10.7. The molecule has 0 atom stereocenters. The Kier molecular flexibility index (Phi) is 4.95. The van der Waals surface area contributed by atoms with E-state index in [1.807, 2.05) is 16.5 Å². The summed E-state index contributed by atoms with van der Waals surface area (Å²) >= 11 is 1.47. The minimum absolute atomic E-state index is 0.198. The lowest BCUT2D eigenvalue weighted by atomic mass is 10.1. The second-order valence-corrected chi connectivity index (χ2v) is 8.17. The van der Waals surface area contributed by atoms with Crippen molar-refractivity contribution < 1.29 is 4.79 Å². The lowest BCUT2D eigenvalue weighted by Crippen LogP contribution is -2.36. The molecule has 0 bridgehead atoms. The van der Waals surface area contributed by atoms with E-state index < -0.39 is 0 Å². The van der Waals surface area contributed by atoms with E-state index in [0.29, 0.717) is 5.75 Å². The second kappa shape index (κ2) is 7.38. The van der Waals surface area contributed by atoms with Crippen LogP contribution in [0.25, 0.3) is 22.3 Å². The number of aromatic nitrogens is 4. The number of aromatic amines is 1.